The molecule has 0 radical (unpaired) electrons. The molecule has 0 bridgehead atoms. The second-order valence-electron chi connectivity index (χ2n) is 5.31. The van der Waals surface area contributed by atoms with Gasteiger partial charge in [0.05, 0.1) is 11.6 Å². The first kappa shape index (κ1) is 15.0. The average molecular weight is 265 g/mol. The van der Waals surface area contributed by atoms with E-state index < -0.39 is 0 Å². The molecule has 0 heterocycles. The van der Waals surface area contributed by atoms with Crippen molar-refractivity contribution in [3.63, 3.8) is 0 Å². The van der Waals surface area contributed by atoms with E-state index in [2.05, 4.69) is 38.8 Å². The minimum atomic E-state index is 0.525. The number of nitriles is 1. The zero-order valence-corrected chi connectivity index (χ0v) is 12.3. The SMILES string of the molecule is CC(C)CC(C)N(C)Cc1ccc(C#N)cc1Cl. The normalized spacial score (nSPS) is 12.8. The number of benzene rings is 1. The smallest absolute Gasteiger partial charge is 0.0992 e. The fourth-order valence-electron chi connectivity index (χ4n) is 2.03. The van der Waals surface area contributed by atoms with Crippen molar-refractivity contribution in [2.24, 2.45) is 5.92 Å². The quantitative estimate of drug-likeness (QED) is 0.801. The molecule has 0 aliphatic carbocycles. The third kappa shape index (κ3) is 4.33. The molecule has 1 aromatic rings. The van der Waals surface area contributed by atoms with Gasteiger partial charge in [-0.15, -0.1) is 0 Å². The van der Waals surface area contributed by atoms with Crippen LogP contribution in [0.4, 0.5) is 0 Å². The number of hydrogen-bond donors (Lipinski definition) is 0. The van der Waals surface area contributed by atoms with Crippen molar-refractivity contribution in [1.82, 2.24) is 4.90 Å². The summed E-state index contributed by atoms with van der Waals surface area (Å²) >= 11 is 6.18. The van der Waals surface area contributed by atoms with Gasteiger partial charge in [0.15, 0.2) is 0 Å². The molecule has 0 fully saturated rings. The summed E-state index contributed by atoms with van der Waals surface area (Å²) in [6.07, 6.45) is 1.17. The fraction of sp³-hybridized carbons (Fsp3) is 0.533. The zero-order valence-electron chi connectivity index (χ0n) is 11.6. The summed E-state index contributed by atoms with van der Waals surface area (Å²) in [5.41, 5.74) is 1.69. The molecule has 1 unspecified atom stereocenters. The van der Waals surface area contributed by atoms with Crippen molar-refractivity contribution >= 4 is 11.6 Å². The van der Waals surface area contributed by atoms with Crippen LogP contribution in [0.2, 0.25) is 5.02 Å². The first-order chi connectivity index (χ1) is 8.43. The lowest BCUT2D eigenvalue weighted by molar-refractivity contribution is 0.220. The molecular weight excluding hydrogens is 244 g/mol. The summed E-state index contributed by atoms with van der Waals surface area (Å²) in [5, 5.41) is 9.48. The van der Waals surface area contributed by atoms with Gasteiger partial charge >= 0.3 is 0 Å². The van der Waals surface area contributed by atoms with E-state index in [0.29, 0.717) is 22.5 Å². The van der Waals surface area contributed by atoms with E-state index in [1.165, 1.54) is 6.42 Å². The predicted molar refractivity (Wildman–Crippen MR) is 76.6 cm³/mol. The highest BCUT2D eigenvalue weighted by atomic mass is 35.5. The molecule has 1 aromatic carbocycles. The molecule has 1 rings (SSSR count). The molecule has 0 aliphatic heterocycles. The molecule has 2 nitrogen and oxygen atoms in total. The summed E-state index contributed by atoms with van der Waals surface area (Å²) in [6.45, 7) is 7.52. The van der Waals surface area contributed by atoms with Crippen LogP contribution in [-0.2, 0) is 6.54 Å². The van der Waals surface area contributed by atoms with E-state index in [1.54, 1.807) is 6.07 Å². The number of halogens is 1. The van der Waals surface area contributed by atoms with Crippen molar-refractivity contribution in [2.45, 2.75) is 39.8 Å². The molecular formula is C15H21ClN2. The predicted octanol–water partition coefficient (Wildman–Crippen LogP) is 4.08. The van der Waals surface area contributed by atoms with Crippen LogP contribution in [0.25, 0.3) is 0 Å². The Morgan fingerprint density at radius 2 is 2.00 bits per heavy atom. The van der Waals surface area contributed by atoms with Crippen LogP contribution in [-0.4, -0.2) is 18.0 Å². The molecule has 0 saturated heterocycles. The molecule has 0 saturated carbocycles. The van der Waals surface area contributed by atoms with E-state index in [-0.39, 0.29) is 0 Å². The Balaban J connectivity index is 2.70. The largest absolute Gasteiger partial charge is 0.299 e. The highest BCUT2D eigenvalue weighted by molar-refractivity contribution is 6.31. The number of nitrogens with zero attached hydrogens (tertiary/aromatic N) is 2. The third-order valence-corrected chi connectivity index (χ3v) is 3.52. The highest BCUT2D eigenvalue weighted by Crippen LogP contribution is 2.20. The maximum atomic E-state index is 8.80. The van der Waals surface area contributed by atoms with Gasteiger partial charge in [0, 0.05) is 17.6 Å². The summed E-state index contributed by atoms with van der Waals surface area (Å²) in [4.78, 5) is 2.30. The minimum Gasteiger partial charge on any atom is -0.299 e. The molecule has 98 valence electrons. The van der Waals surface area contributed by atoms with Gasteiger partial charge in [-0.1, -0.05) is 31.5 Å². The van der Waals surface area contributed by atoms with Gasteiger partial charge in [0.1, 0.15) is 0 Å². The standard InChI is InChI=1S/C15H21ClN2/c1-11(2)7-12(3)18(4)10-14-6-5-13(9-17)8-15(14)16/h5-6,8,11-12H,7,10H2,1-4H3. The van der Waals surface area contributed by atoms with Gasteiger partial charge < -0.3 is 0 Å². The van der Waals surface area contributed by atoms with E-state index in [9.17, 15) is 0 Å². The summed E-state index contributed by atoms with van der Waals surface area (Å²) < 4.78 is 0. The Labute approximate surface area is 115 Å². The molecule has 0 spiro atoms. The lowest BCUT2D eigenvalue weighted by Gasteiger charge is -2.26. The lowest BCUT2D eigenvalue weighted by atomic mass is 10.0. The van der Waals surface area contributed by atoms with Gasteiger partial charge in [-0.2, -0.15) is 5.26 Å². The van der Waals surface area contributed by atoms with Gasteiger partial charge in [0.25, 0.3) is 0 Å². The van der Waals surface area contributed by atoms with Crippen molar-refractivity contribution in [3.05, 3.63) is 34.3 Å². The first-order valence-corrected chi connectivity index (χ1v) is 6.70. The van der Waals surface area contributed by atoms with Crippen LogP contribution >= 0.6 is 11.6 Å². The van der Waals surface area contributed by atoms with Crippen molar-refractivity contribution in [2.75, 3.05) is 7.05 Å². The van der Waals surface area contributed by atoms with Crippen LogP contribution < -0.4 is 0 Å². The molecule has 0 aliphatic rings. The lowest BCUT2D eigenvalue weighted by Crippen LogP contribution is -2.29. The van der Waals surface area contributed by atoms with Gasteiger partial charge in [0.2, 0.25) is 0 Å². The van der Waals surface area contributed by atoms with Crippen molar-refractivity contribution < 1.29 is 0 Å². The average Bonchev–Trinajstić information content (AvgIpc) is 2.30. The molecule has 0 amide bonds. The molecule has 3 heteroatoms. The Morgan fingerprint density at radius 1 is 1.33 bits per heavy atom. The van der Waals surface area contributed by atoms with Gasteiger partial charge in [-0.25, -0.2) is 0 Å². The van der Waals surface area contributed by atoms with E-state index in [4.69, 9.17) is 16.9 Å². The van der Waals surface area contributed by atoms with E-state index >= 15 is 0 Å². The third-order valence-electron chi connectivity index (χ3n) is 3.17. The van der Waals surface area contributed by atoms with E-state index in [1.807, 2.05) is 12.1 Å². The molecule has 0 aromatic heterocycles. The Kier molecular flexibility index (Phi) is 5.65. The molecule has 18 heavy (non-hydrogen) atoms. The first-order valence-electron chi connectivity index (χ1n) is 6.32. The monoisotopic (exact) mass is 264 g/mol. The maximum Gasteiger partial charge on any atom is 0.0992 e. The van der Waals surface area contributed by atoms with Crippen molar-refractivity contribution in [3.8, 4) is 6.07 Å². The Hall–Kier alpha value is -1.04. The summed E-state index contributed by atoms with van der Waals surface area (Å²) in [5.74, 6) is 0.693. The fourth-order valence-corrected chi connectivity index (χ4v) is 2.27. The second-order valence-corrected chi connectivity index (χ2v) is 5.72. The van der Waals surface area contributed by atoms with Gasteiger partial charge in [-0.3, -0.25) is 4.90 Å². The Bertz CT molecular complexity index is 435. The summed E-state index contributed by atoms with van der Waals surface area (Å²) in [7, 11) is 2.11. The van der Waals surface area contributed by atoms with Crippen LogP contribution in [0.3, 0.4) is 0 Å². The molecule has 1 atom stereocenters. The topological polar surface area (TPSA) is 27.0 Å². The van der Waals surface area contributed by atoms with E-state index in [0.717, 1.165) is 12.1 Å². The minimum absolute atomic E-state index is 0.525. The Morgan fingerprint density at radius 3 is 2.50 bits per heavy atom. The van der Waals surface area contributed by atoms with Crippen LogP contribution in [0, 0.1) is 17.2 Å². The summed E-state index contributed by atoms with van der Waals surface area (Å²) in [6, 6.07) is 8.12. The second kappa shape index (κ2) is 6.78. The van der Waals surface area contributed by atoms with Crippen LogP contribution in [0.5, 0.6) is 0 Å². The maximum absolute atomic E-state index is 8.80. The van der Waals surface area contributed by atoms with Gasteiger partial charge in [-0.05, 0) is 44.0 Å². The zero-order chi connectivity index (χ0) is 13.7. The number of hydrogen-bond acceptors (Lipinski definition) is 2. The van der Waals surface area contributed by atoms with Crippen LogP contribution in [0.15, 0.2) is 18.2 Å². The molecule has 0 N–H and O–H groups in total. The highest BCUT2D eigenvalue weighted by Gasteiger charge is 2.13. The van der Waals surface area contributed by atoms with Crippen molar-refractivity contribution in [1.29, 1.82) is 5.26 Å². The number of rotatable bonds is 5. The van der Waals surface area contributed by atoms with Crippen LogP contribution in [0.1, 0.15) is 38.3 Å².